The topological polar surface area (TPSA) is 62.3 Å². The number of hydrogen-bond donors (Lipinski definition) is 0. The maximum Gasteiger partial charge on any atom is 0.248 e. The lowest BCUT2D eigenvalue weighted by atomic mass is 10.0. The molecule has 0 aromatic rings. The first-order valence-electron chi connectivity index (χ1n) is 9.56. The molecule has 0 N–H and O–H groups in total. The van der Waals surface area contributed by atoms with Gasteiger partial charge in [-0.05, 0) is 25.7 Å². The number of morpholine rings is 1. The quantitative estimate of drug-likeness (QED) is 0.654. The van der Waals surface area contributed by atoms with Gasteiger partial charge < -0.3 is 19.3 Å². The minimum Gasteiger partial charge on any atom is -0.379 e. The number of ether oxygens (including phenoxy) is 2. The van der Waals surface area contributed by atoms with Gasteiger partial charge in [0.1, 0.15) is 6.61 Å². The first-order valence-corrected chi connectivity index (χ1v) is 9.56. The van der Waals surface area contributed by atoms with Crippen LogP contribution in [0.3, 0.4) is 0 Å². The number of likely N-dealkylation sites (tertiary alicyclic amines) is 1. The Hall–Kier alpha value is -1.18. The van der Waals surface area contributed by atoms with E-state index >= 15 is 0 Å². The fourth-order valence-corrected chi connectivity index (χ4v) is 3.76. The first-order chi connectivity index (χ1) is 12.2. The van der Waals surface area contributed by atoms with Crippen LogP contribution in [0.1, 0.15) is 25.7 Å². The van der Waals surface area contributed by atoms with Crippen molar-refractivity contribution in [2.24, 2.45) is 5.92 Å². The molecule has 0 radical (unpaired) electrons. The molecule has 2 heterocycles. The first kappa shape index (κ1) is 18.6. The third kappa shape index (κ3) is 5.15. The summed E-state index contributed by atoms with van der Waals surface area (Å²) in [6, 6.07) is 0.142. The fourth-order valence-electron chi connectivity index (χ4n) is 3.76. The van der Waals surface area contributed by atoms with Crippen LogP contribution in [-0.2, 0) is 19.1 Å². The van der Waals surface area contributed by atoms with Crippen molar-refractivity contribution in [3.05, 3.63) is 0 Å². The van der Waals surface area contributed by atoms with E-state index in [0.717, 1.165) is 71.6 Å². The van der Waals surface area contributed by atoms with Gasteiger partial charge in [-0.15, -0.1) is 0 Å². The Bertz CT molecular complexity index is 463. The second kappa shape index (κ2) is 8.96. The van der Waals surface area contributed by atoms with Gasteiger partial charge in [0.25, 0.3) is 0 Å². The normalized spacial score (nSPS) is 25.0. The van der Waals surface area contributed by atoms with Crippen LogP contribution in [0, 0.1) is 5.92 Å². The van der Waals surface area contributed by atoms with Gasteiger partial charge in [-0.3, -0.25) is 14.5 Å². The Kier molecular flexibility index (Phi) is 6.67. The lowest BCUT2D eigenvalue weighted by Crippen LogP contribution is -2.54. The Morgan fingerprint density at radius 1 is 1.16 bits per heavy atom. The van der Waals surface area contributed by atoms with E-state index in [9.17, 15) is 9.59 Å². The molecule has 2 amide bonds. The maximum atomic E-state index is 12.8. The predicted octanol–water partition coefficient (Wildman–Crippen LogP) is 0.195. The van der Waals surface area contributed by atoms with E-state index in [-0.39, 0.29) is 24.5 Å². The highest BCUT2D eigenvalue weighted by Crippen LogP contribution is 2.32. The van der Waals surface area contributed by atoms with Crippen molar-refractivity contribution in [1.29, 1.82) is 0 Å². The van der Waals surface area contributed by atoms with Crippen LogP contribution in [0.5, 0.6) is 0 Å². The molecule has 1 atom stereocenters. The van der Waals surface area contributed by atoms with Crippen LogP contribution < -0.4 is 0 Å². The van der Waals surface area contributed by atoms with Crippen LogP contribution in [0.4, 0.5) is 0 Å². The molecular formula is C18H31N3O4. The second-order valence-corrected chi connectivity index (χ2v) is 7.33. The molecule has 1 aliphatic carbocycles. The highest BCUT2D eigenvalue weighted by molar-refractivity contribution is 5.82. The Morgan fingerprint density at radius 2 is 1.92 bits per heavy atom. The summed E-state index contributed by atoms with van der Waals surface area (Å²) in [6.07, 6.45) is 3.97. The minimum absolute atomic E-state index is 0.0270. The zero-order chi connectivity index (χ0) is 17.6. The lowest BCUT2D eigenvalue weighted by molar-refractivity contribution is -0.142. The van der Waals surface area contributed by atoms with E-state index in [1.165, 1.54) is 0 Å². The molecular weight excluding hydrogens is 322 g/mol. The van der Waals surface area contributed by atoms with Crippen molar-refractivity contribution in [2.75, 3.05) is 66.2 Å². The van der Waals surface area contributed by atoms with Gasteiger partial charge in [-0.2, -0.15) is 0 Å². The van der Waals surface area contributed by atoms with E-state index in [1.54, 1.807) is 7.11 Å². The van der Waals surface area contributed by atoms with Crippen molar-refractivity contribution in [2.45, 2.75) is 31.7 Å². The molecule has 2 saturated heterocycles. The third-order valence-corrected chi connectivity index (χ3v) is 5.43. The van der Waals surface area contributed by atoms with E-state index in [4.69, 9.17) is 9.47 Å². The van der Waals surface area contributed by atoms with E-state index in [0.29, 0.717) is 12.5 Å². The Labute approximate surface area is 150 Å². The van der Waals surface area contributed by atoms with Gasteiger partial charge in [-0.1, -0.05) is 0 Å². The fraction of sp³-hybridized carbons (Fsp3) is 0.889. The van der Waals surface area contributed by atoms with Gasteiger partial charge in [0.15, 0.2) is 0 Å². The number of rotatable bonds is 7. The van der Waals surface area contributed by atoms with Crippen LogP contribution in [0.25, 0.3) is 0 Å². The average Bonchev–Trinajstić information content (AvgIpc) is 3.48. The number of carbonyl (C=O) groups is 2. The monoisotopic (exact) mass is 353 g/mol. The maximum absolute atomic E-state index is 12.8. The van der Waals surface area contributed by atoms with Crippen LogP contribution in [0.15, 0.2) is 0 Å². The smallest absolute Gasteiger partial charge is 0.248 e. The Morgan fingerprint density at radius 3 is 2.60 bits per heavy atom. The van der Waals surface area contributed by atoms with Crippen molar-refractivity contribution < 1.29 is 19.1 Å². The number of hydrogen-bond acceptors (Lipinski definition) is 5. The highest BCUT2D eigenvalue weighted by atomic mass is 16.5. The number of carbonyl (C=O) groups excluding carboxylic acids is 2. The molecule has 142 valence electrons. The molecule has 0 bridgehead atoms. The van der Waals surface area contributed by atoms with Crippen molar-refractivity contribution in [3.63, 3.8) is 0 Å². The zero-order valence-electron chi connectivity index (χ0n) is 15.3. The van der Waals surface area contributed by atoms with Gasteiger partial charge in [-0.25, -0.2) is 0 Å². The lowest BCUT2D eigenvalue weighted by Gasteiger charge is -2.40. The van der Waals surface area contributed by atoms with Crippen molar-refractivity contribution in [1.82, 2.24) is 14.7 Å². The van der Waals surface area contributed by atoms with E-state index < -0.39 is 0 Å². The van der Waals surface area contributed by atoms with Gasteiger partial charge in [0.2, 0.25) is 11.8 Å². The van der Waals surface area contributed by atoms with Crippen LogP contribution >= 0.6 is 0 Å². The van der Waals surface area contributed by atoms with Crippen LogP contribution in [-0.4, -0.2) is 98.8 Å². The summed E-state index contributed by atoms with van der Waals surface area (Å²) < 4.78 is 10.4. The molecule has 1 saturated carbocycles. The summed E-state index contributed by atoms with van der Waals surface area (Å²) in [5.74, 6) is 0.535. The highest BCUT2D eigenvalue weighted by Gasteiger charge is 2.38. The van der Waals surface area contributed by atoms with E-state index in [1.807, 2.05) is 4.90 Å². The van der Waals surface area contributed by atoms with E-state index in [2.05, 4.69) is 9.80 Å². The second-order valence-electron chi connectivity index (χ2n) is 7.33. The molecule has 7 heteroatoms. The predicted molar refractivity (Wildman–Crippen MR) is 93.2 cm³/mol. The molecule has 2 aliphatic heterocycles. The SMILES string of the molecule is COCC(=O)N1CCCC(N(CCN2CCOCC2)C(=O)C2CC2)C1. The summed E-state index contributed by atoms with van der Waals surface area (Å²) in [6.45, 7) is 6.62. The Balaban J connectivity index is 1.59. The molecule has 3 fully saturated rings. The third-order valence-electron chi connectivity index (χ3n) is 5.43. The molecule has 0 aromatic heterocycles. The summed E-state index contributed by atoms with van der Waals surface area (Å²) in [5, 5.41) is 0. The molecule has 3 rings (SSSR count). The van der Waals surface area contributed by atoms with Gasteiger partial charge in [0, 0.05) is 58.3 Å². The molecule has 0 spiro atoms. The van der Waals surface area contributed by atoms with Gasteiger partial charge in [0.05, 0.1) is 13.2 Å². The number of amides is 2. The molecule has 0 aromatic carbocycles. The standard InChI is InChI=1S/C18H31N3O4/c1-24-14-17(22)20-6-2-3-16(13-20)21(18(23)15-4-5-15)8-7-19-9-11-25-12-10-19/h15-16H,2-14H2,1H3. The van der Waals surface area contributed by atoms with Crippen molar-refractivity contribution in [3.8, 4) is 0 Å². The minimum atomic E-state index is 0.0270. The summed E-state index contributed by atoms with van der Waals surface area (Å²) >= 11 is 0. The number of methoxy groups -OCH3 is 1. The molecule has 7 nitrogen and oxygen atoms in total. The van der Waals surface area contributed by atoms with Gasteiger partial charge >= 0.3 is 0 Å². The van der Waals surface area contributed by atoms with Crippen LogP contribution in [0.2, 0.25) is 0 Å². The largest absolute Gasteiger partial charge is 0.379 e. The van der Waals surface area contributed by atoms with Crippen molar-refractivity contribution >= 4 is 11.8 Å². The zero-order valence-corrected chi connectivity index (χ0v) is 15.3. The summed E-state index contributed by atoms with van der Waals surface area (Å²) in [5.41, 5.74) is 0. The molecule has 3 aliphatic rings. The molecule has 25 heavy (non-hydrogen) atoms. The number of nitrogens with zero attached hydrogens (tertiary/aromatic N) is 3. The summed E-state index contributed by atoms with van der Waals surface area (Å²) in [7, 11) is 1.55. The molecule has 1 unspecified atom stereocenters. The average molecular weight is 353 g/mol. The summed E-state index contributed by atoms with van der Waals surface area (Å²) in [4.78, 5) is 31.3. The number of piperidine rings is 1.